The van der Waals surface area contributed by atoms with Crippen LogP contribution in [0.15, 0.2) is 84.9 Å². The molecule has 0 aliphatic heterocycles. The molecule has 6 rings (SSSR count). The van der Waals surface area contributed by atoms with Crippen LogP contribution >= 0.6 is 0 Å². The minimum absolute atomic E-state index is 0.460. The molecule has 0 radical (unpaired) electrons. The van der Waals surface area contributed by atoms with Crippen LogP contribution < -0.4 is 5.73 Å². The highest BCUT2D eigenvalue weighted by molar-refractivity contribution is 5.95. The maximum Gasteiger partial charge on any atom is 0.180 e. The average Bonchev–Trinajstić information content (AvgIpc) is 3.52. The number of nitrogen functional groups attached to an aromatic ring is 1. The molecule has 0 bridgehead atoms. The third kappa shape index (κ3) is 5.31. The highest BCUT2D eigenvalue weighted by Gasteiger charge is 2.13. The Morgan fingerprint density at radius 2 is 1.50 bits per heavy atom. The zero-order chi connectivity index (χ0) is 26.6. The summed E-state index contributed by atoms with van der Waals surface area (Å²) in [6, 6.07) is 30.0. The van der Waals surface area contributed by atoms with E-state index in [9.17, 15) is 0 Å². The van der Waals surface area contributed by atoms with Crippen molar-refractivity contribution in [3.05, 3.63) is 102 Å². The van der Waals surface area contributed by atoms with Gasteiger partial charge in [-0.3, -0.25) is 4.90 Å². The number of aryl methyl sites for hydroxylation is 1. The number of imidazole rings is 1. The number of rotatable bonds is 6. The summed E-state index contributed by atoms with van der Waals surface area (Å²) in [4.78, 5) is 18.0. The van der Waals surface area contributed by atoms with Crippen LogP contribution in [0.3, 0.4) is 0 Å². The largest absolute Gasteiger partial charge is 0.384 e. The number of H-pyrrole nitrogens is 2. The number of nitrogens with two attached hydrogens (primary N) is 1. The topological polar surface area (TPSA) is 86.6 Å². The van der Waals surface area contributed by atoms with Gasteiger partial charge >= 0.3 is 0 Å². The summed E-state index contributed by atoms with van der Waals surface area (Å²) in [5.74, 6) is 1.28. The molecule has 3 heterocycles. The van der Waals surface area contributed by atoms with Crippen LogP contribution in [-0.2, 0) is 13.1 Å². The van der Waals surface area contributed by atoms with Gasteiger partial charge in [0.2, 0.25) is 0 Å². The fourth-order valence-electron chi connectivity index (χ4n) is 4.92. The predicted octanol–water partition coefficient (Wildman–Crippen LogP) is 7.32. The number of benzene rings is 3. The molecule has 3 aromatic heterocycles. The molecule has 6 nitrogen and oxygen atoms in total. The Labute approximate surface area is 223 Å². The molecule has 38 heavy (non-hydrogen) atoms. The van der Waals surface area contributed by atoms with Crippen molar-refractivity contribution in [2.45, 2.75) is 33.9 Å². The highest BCUT2D eigenvalue weighted by atomic mass is 15.1. The smallest absolute Gasteiger partial charge is 0.180 e. The molecule has 0 aliphatic rings. The summed E-state index contributed by atoms with van der Waals surface area (Å²) < 4.78 is 0. The molecular formula is C32H34N6. The van der Waals surface area contributed by atoms with Gasteiger partial charge in [0.15, 0.2) is 5.65 Å². The van der Waals surface area contributed by atoms with E-state index in [1.807, 2.05) is 26.8 Å². The van der Waals surface area contributed by atoms with E-state index in [2.05, 4.69) is 111 Å². The summed E-state index contributed by atoms with van der Waals surface area (Å²) in [5, 5.41) is 1.17. The van der Waals surface area contributed by atoms with E-state index in [0.717, 1.165) is 41.2 Å². The number of pyridine rings is 1. The van der Waals surface area contributed by atoms with Gasteiger partial charge in [-0.2, -0.15) is 0 Å². The third-order valence-electron chi connectivity index (χ3n) is 6.51. The van der Waals surface area contributed by atoms with Crippen molar-refractivity contribution in [1.29, 1.82) is 0 Å². The molecule has 0 saturated carbocycles. The molecule has 0 fully saturated rings. The second kappa shape index (κ2) is 10.9. The van der Waals surface area contributed by atoms with E-state index >= 15 is 0 Å². The van der Waals surface area contributed by atoms with Gasteiger partial charge in [-0.15, -0.1) is 0 Å². The normalized spacial score (nSPS) is 11.2. The second-order valence-electron chi connectivity index (χ2n) is 9.46. The van der Waals surface area contributed by atoms with Crippen molar-refractivity contribution < 1.29 is 0 Å². The molecule has 0 saturated heterocycles. The SMILES string of the molecule is CC.Cc1nc2nc(N)cc(-c3cc4cc(CN(C)Cc5cccc(-c6ccccc6)c5)ccc4[nH]3)c2[nH]1. The van der Waals surface area contributed by atoms with Crippen LogP contribution in [0.1, 0.15) is 30.8 Å². The fraction of sp³-hybridized carbons (Fsp3) is 0.188. The monoisotopic (exact) mass is 502 g/mol. The van der Waals surface area contributed by atoms with Crippen LogP contribution in [0.2, 0.25) is 0 Å². The van der Waals surface area contributed by atoms with Crippen molar-refractivity contribution in [3.8, 4) is 22.4 Å². The Bertz CT molecular complexity index is 1680. The maximum absolute atomic E-state index is 6.07. The Hall–Kier alpha value is -4.42. The molecule has 0 amide bonds. The van der Waals surface area contributed by atoms with Crippen LogP contribution in [0.5, 0.6) is 0 Å². The molecule has 0 aliphatic carbocycles. The van der Waals surface area contributed by atoms with Crippen LogP contribution in [0, 0.1) is 6.92 Å². The first kappa shape index (κ1) is 25.2. The van der Waals surface area contributed by atoms with Gasteiger partial charge in [0.1, 0.15) is 11.6 Å². The van der Waals surface area contributed by atoms with Crippen molar-refractivity contribution in [3.63, 3.8) is 0 Å². The van der Waals surface area contributed by atoms with Gasteiger partial charge in [-0.25, -0.2) is 9.97 Å². The molecule has 3 aromatic carbocycles. The van der Waals surface area contributed by atoms with Crippen molar-refractivity contribution in [2.75, 3.05) is 12.8 Å². The Morgan fingerprint density at radius 3 is 2.29 bits per heavy atom. The Kier molecular flexibility index (Phi) is 7.24. The maximum atomic E-state index is 6.07. The lowest BCUT2D eigenvalue weighted by Crippen LogP contribution is -2.17. The van der Waals surface area contributed by atoms with E-state index in [4.69, 9.17) is 5.73 Å². The molecule has 6 aromatic rings. The molecule has 0 spiro atoms. The molecule has 0 unspecified atom stereocenters. The predicted molar refractivity (Wildman–Crippen MR) is 159 cm³/mol. The number of nitrogens with zero attached hydrogens (tertiary/aromatic N) is 3. The van der Waals surface area contributed by atoms with E-state index in [1.54, 1.807) is 0 Å². The lowest BCUT2D eigenvalue weighted by Gasteiger charge is -2.17. The first-order valence-electron chi connectivity index (χ1n) is 13.1. The van der Waals surface area contributed by atoms with Crippen LogP contribution in [0.25, 0.3) is 44.5 Å². The Morgan fingerprint density at radius 1 is 0.763 bits per heavy atom. The van der Waals surface area contributed by atoms with Crippen molar-refractivity contribution in [1.82, 2.24) is 24.8 Å². The van der Waals surface area contributed by atoms with Gasteiger partial charge in [0.25, 0.3) is 0 Å². The Balaban J connectivity index is 0.00000144. The number of nitrogens with one attached hydrogen (secondary N) is 2. The van der Waals surface area contributed by atoms with Crippen LogP contribution in [-0.4, -0.2) is 31.9 Å². The number of hydrogen-bond donors (Lipinski definition) is 3. The first-order valence-corrected chi connectivity index (χ1v) is 13.1. The molecule has 192 valence electrons. The molecule has 0 atom stereocenters. The lowest BCUT2D eigenvalue weighted by molar-refractivity contribution is 0.319. The zero-order valence-corrected chi connectivity index (χ0v) is 22.4. The lowest BCUT2D eigenvalue weighted by atomic mass is 10.0. The molecule has 4 N–H and O–H groups in total. The summed E-state index contributed by atoms with van der Waals surface area (Å²) >= 11 is 0. The van der Waals surface area contributed by atoms with E-state index in [-0.39, 0.29) is 0 Å². The fourth-order valence-corrected chi connectivity index (χ4v) is 4.92. The summed E-state index contributed by atoms with van der Waals surface area (Å²) in [6.45, 7) is 7.66. The minimum Gasteiger partial charge on any atom is -0.384 e. The van der Waals surface area contributed by atoms with Crippen molar-refractivity contribution in [2.24, 2.45) is 0 Å². The zero-order valence-electron chi connectivity index (χ0n) is 22.4. The summed E-state index contributed by atoms with van der Waals surface area (Å²) in [6.07, 6.45) is 0. The van der Waals surface area contributed by atoms with E-state index < -0.39 is 0 Å². The van der Waals surface area contributed by atoms with Gasteiger partial charge < -0.3 is 15.7 Å². The quantitative estimate of drug-likeness (QED) is 0.223. The van der Waals surface area contributed by atoms with E-state index in [0.29, 0.717) is 11.5 Å². The first-order chi connectivity index (χ1) is 18.5. The molecule has 6 heteroatoms. The summed E-state index contributed by atoms with van der Waals surface area (Å²) in [5.41, 5.74) is 15.7. The van der Waals surface area contributed by atoms with Gasteiger partial charge in [0, 0.05) is 35.2 Å². The number of hydrogen-bond acceptors (Lipinski definition) is 4. The number of aromatic amines is 2. The third-order valence-corrected chi connectivity index (χ3v) is 6.51. The number of fused-ring (bicyclic) bond motifs is 2. The van der Waals surface area contributed by atoms with E-state index in [1.165, 1.54) is 27.6 Å². The standard InChI is InChI=1S/C30H28N6.C2H6/c1-19-32-29-25(16-28(31)35-30(29)33-19)27-15-24-14-21(11-12-26(24)34-27)18-36(2)17-20-7-6-10-23(13-20)22-8-4-3-5-9-22;1-2/h3-16,34H,17-18H2,1-2H3,(H3,31,32,33,35);1-2H3. The molecular weight excluding hydrogens is 468 g/mol. The average molecular weight is 503 g/mol. The van der Waals surface area contributed by atoms with Gasteiger partial charge in [0.05, 0.1) is 5.52 Å². The summed E-state index contributed by atoms with van der Waals surface area (Å²) in [7, 11) is 2.17. The number of aromatic nitrogens is 4. The van der Waals surface area contributed by atoms with Gasteiger partial charge in [-0.1, -0.05) is 68.4 Å². The second-order valence-corrected chi connectivity index (χ2v) is 9.46. The minimum atomic E-state index is 0.460. The van der Waals surface area contributed by atoms with Gasteiger partial charge in [-0.05, 0) is 66.6 Å². The number of anilines is 1. The highest BCUT2D eigenvalue weighted by Crippen LogP contribution is 2.31. The van der Waals surface area contributed by atoms with Crippen LogP contribution in [0.4, 0.5) is 5.82 Å². The van der Waals surface area contributed by atoms with Crippen molar-refractivity contribution >= 4 is 27.9 Å².